The van der Waals surface area contributed by atoms with Gasteiger partial charge in [-0.25, -0.2) is 0 Å². The lowest BCUT2D eigenvalue weighted by Gasteiger charge is -1.98. The van der Waals surface area contributed by atoms with Crippen molar-refractivity contribution >= 4 is 5.97 Å². The zero-order valence-electron chi connectivity index (χ0n) is 6.61. The van der Waals surface area contributed by atoms with Gasteiger partial charge in [0.15, 0.2) is 0 Å². The number of hydrogen-bond donors (Lipinski definition) is 1. The summed E-state index contributed by atoms with van der Waals surface area (Å²) < 4.78 is 1.65. The van der Waals surface area contributed by atoms with Crippen LogP contribution in [0.5, 0.6) is 0 Å². The van der Waals surface area contributed by atoms with E-state index in [1.165, 1.54) is 0 Å². The standard InChI is InChI=1S/C8H8N2O2/c1-10-3-2-6(5-9)7(10)4-8(11)12/h2-3H,4H2,1H3,(H,11,12). The first kappa shape index (κ1) is 8.34. The number of nitrogens with zero attached hydrogens (tertiary/aromatic N) is 2. The number of carboxylic acid groups (broad SMARTS) is 1. The van der Waals surface area contributed by atoms with E-state index in [0.29, 0.717) is 11.3 Å². The van der Waals surface area contributed by atoms with Crippen molar-refractivity contribution in [1.82, 2.24) is 4.57 Å². The fourth-order valence-corrected chi connectivity index (χ4v) is 1.03. The number of rotatable bonds is 2. The van der Waals surface area contributed by atoms with E-state index in [0.717, 1.165) is 0 Å². The molecule has 0 bridgehead atoms. The summed E-state index contributed by atoms with van der Waals surface area (Å²) in [4.78, 5) is 10.4. The molecule has 1 N–H and O–H groups in total. The average molecular weight is 164 g/mol. The Hall–Kier alpha value is -1.76. The molecule has 1 rings (SSSR count). The number of aliphatic carboxylic acids is 1. The normalized spacial score (nSPS) is 9.33. The first-order chi connectivity index (χ1) is 5.65. The minimum Gasteiger partial charge on any atom is -0.481 e. The van der Waals surface area contributed by atoms with Crippen LogP contribution in [0.15, 0.2) is 12.3 Å². The second-order valence-electron chi connectivity index (χ2n) is 2.47. The van der Waals surface area contributed by atoms with Gasteiger partial charge in [-0.3, -0.25) is 4.79 Å². The van der Waals surface area contributed by atoms with E-state index in [2.05, 4.69) is 0 Å². The van der Waals surface area contributed by atoms with E-state index >= 15 is 0 Å². The maximum Gasteiger partial charge on any atom is 0.309 e. The number of aryl methyl sites for hydroxylation is 1. The fraction of sp³-hybridized carbons (Fsp3) is 0.250. The van der Waals surface area contributed by atoms with Crippen molar-refractivity contribution < 1.29 is 9.90 Å². The highest BCUT2D eigenvalue weighted by atomic mass is 16.4. The van der Waals surface area contributed by atoms with E-state index in [9.17, 15) is 4.79 Å². The molecule has 12 heavy (non-hydrogen) atoms. The lowest BCUT2D eigenvalue weighted by Crippen LogP contribution is -2.06. The van der Waals surface area contributed by atoms with Gasteiger partial charge in [-0.15, -0.1) is 0 Å². The van der Waals surface area contributed by atoms with Gasteiger partial charge in [0.05, 0.1) is 12.0 Å². The Balaban J connectivity index is 3.04. The number of nitriles is 1. The fourth-order valence-electron chi connectivity index (χ4n) is 1.03. The zero-order chi connectivity index (χ0) is 9.14. The minimum absolute atomic E-state index is 0.105. The Morgan fingerprint density at radius 1 is 1.83 bits per heavy atom. The lowest BCUT2D eigenvalue weighted by atomic mass is 10.2. The van der Waals surface area contributed by atoms with E-state index in [1.807, 2.05) is 6.07 Å². The van der Waals surface area contributed by atoms with Gasteiger partial charge >= 0.3 is 5.97 Å². The van der Waals surface area contributed by atoms with E-state index in [1.54, 1.807) is 23.9 Å². The third kappa shape index (κ3) is 1.45. The molecule has 0 radical (unpaired) electrons. The van der Waals surface area contributed by atoms with Gasteiger partial charge in [0.1, 0.15) is 6.07 Å². The maximum absolute atomic E-state index is 10.4. The molecular formula is C8H8N2O2. The summed E-state index contributed by atoms with van der Waals surface area (Å²) in [5.41, 5.74) is 0.977. The van der Waals surface area contributed by atoms with Gasteiger partial charge in [-0.1, -0.05) is 0 Å². The molecule has 0 aliphatic rings. The van der Waals surface area contributed by atoms with Crippen molar-refractivity contribution in [3.63, 3.8) is 0 Å². The van der Waals surface area contributed by atoms with Crippen molar-refractivity contribution in [3.05, 3.63) is 23.5 Å². The number of aromatic nitrogens is 1. The van der Waals surface area contributed by atoms with Crippen LogP contribution < -0.4 is 0 Å². The van der Waals surface area contributed by atoms with Crippen LogP contribution in [0.1, 0.15) is 11.3 Å². The van der Waals surface area contributed by atoms with Crippen LogP contribution >= 0.6 is 0 Å². The van der Waals surface area contributed by atoms with Crippen LogP contribution in [0.4, 0.5) is 0 Å². The Bertz CT molecular complexity index is 346. The second kappa shape index (κ2) is 3.09. The highest BCUT2D eigenvalue weighted by Gasteiger charge is 2.09. The topological polar surface area (TPSA) is 66.0 Å². The zero-order valence-corrected chi connectivity index (χ0v) is 6.61. The highest BCUT2D eigenvalue weighted by molar-refractivity contribution is 5.70. The van der Waals surface area contributed by atoms with Crippen LogP contribution in [0.25, 0.3) is 0 Å². The quantitative estimate of drug-likeness (QED) is 0.693. The maximum atomic E-state index is 10.4. The Labute approximate surface area is 69.7 Å². The van der Waals surface area contributed by atoms with Crippen molar-refractivity contribution in [2.75, 3.05) is 0 Å². The molecule has 1 aromatic heterocycles. The molecule has 62 valence electrons. The molecule has 0 atom stereocenters. The number of hydrogen-bond acceptors (Lipinski definition) is 2. The monoisotopic (exact) mass is 164 g/mol. The summed E-state index contributed by atoms with van der Waals surface area (Å²) in [7, 11) is 1.72. The van der Waals surface area contributed by atoms with E-state index in [-0.39, 0.29) is 6.42 Å². The molecule has 1 aromatic rings. The number of carbonyl (C=O) groups is 1. The summed E-state index contributed by atoms with van der Waals surface area (Å²) in [6.45, 7) is 0. The third-order valence-corrected chi connectivity index (χ3v) is 1.64. The first-order valence-corrected chi connectivity index (χ1v) is 3.41. The molecule has 0 aromatic carbocycles. The molecule has 0 unspecified atom stereocenters. The van der Waals surface area contributed by atoms with Crippen LogP contribution in [0.3, 0.4) is 0 Å². The minimum atomic E-state index is -0.923. The average Bonchev–Trinajstić information content (AvgIpc) is 2.32. The van der Waals surface area contributed by atoms with Gasteiger partial charge in [0.2, 0.25) is 0 Å². The third-order valence-electron chi connectivity index (χ3n) is 1.64. The first-order valence-electron chi connectivity index (χ1n) is 3.41. The Morgan fingerprint density at radius 2 is 2.50 bits per heavy atom. The molecule has 0 amide bonds. The van der Waals surface area contributed by atoms with Crippen molar-refractivity contribution in [1.29, 1.82) is 5.26 Å². The Kier molecular flexibility index (Phi) is 2.15. The molecule has 0 aliphatic heterocycles. The summed E-state index contributed by atoms with van der Waals surface area (Å²) >= 11 is 0. The molecule has 0 saturated heterocycles. The molecular weight excluding hydrogens is 156 g/mol. The van der Waals surface area contributed by atoms with Gasteiger partial charge < -0.3 is 9.67 Å². The van der Waals surface area contributed by atoms with Crippen LogP contribution in [-0.4, -0.2) is 15.6 Å². The van der Waals surface area contributed by atoms with Crippen LogP contribution in [0, 0.1) is 11.3 Å². The predicted octanol–water partition coefficient (Wildman–Crippen LogP) is 0.524. The second-order valence-corrected chi connectivity index (χ2v) is 2.47. The summed E-state index contributed by atoms with van der Waals surface area (Å²) in [5.74, 6) is -0.923. The molecule has 0 spiro atoms. The molecule has 4 heteroatoms. The van der Waals surface area contributed by atoms with Crippen molar-refractivity contribution in [2.45, 2.75) is 6.42 Å². The van der Waals surface area contributed by atoms with Crippen LogP contribution in [0.2, 0.25) is 0 Å². The summed E-state index contributed by atoms with van der Waals surface area (Å²) in [6, 6.07) is 3.55. The van der Waals surface area contributed by atoms with Crippen LogP contribution in [-0.2, 0) is 18.3 Å². The summed E-state index contributed by atoms with van der Waals surface area (Å²) in [6.07, 6.45) is 1.57. The molecule has 4 nitrogen and oxygen atoms in total. The van der Waals surface area contributed by atoms with Gasteiger partial charge in [0.25, 0.3) is 0 Å². The van der Waals surface area contributed by atoms with E-state index < -0.39 is 5.97 Å². The Morgan fingerprint density at radius 3 is 3.00 bits per heavy atom. The van der Waals surface area contributed by atoms with Gasteiger partial charge in [-0.05, 0) is 6.07 Å². The van der Waals surface area contributed by atoms with Crippen molar-refractivity contribution in [2.24, 2.45) is 7.05 Å². The SMILES string of the molecule is Cn1ccc(C#N)c1CC(=O)O. The highest BCUT2D eigenvalue weighted by Crippen LogP contribution is 2.08. The van der Waals surface area contributed by atoms with Crippen molar-refractivity contribution in [3.8, 4) is 6.07 Å². The molecule has 0 aliphatic carbocycles. The lowest BCUT2D eigenvalue weighted by molar-refractivity contribution is -0.136. The van der Waals surface area contributed by atoms with E-state index in [4.69, 9.17) is 10.4 Å². The summed E-state index contributed by atoms with van der Waals surface area (Å²) in [5, 5.41) is 17.1. The van der Waals surface area contributed by atoms with Gasteiger partial charge in [-0.2, -0.15) is 5.26 Å². The molecule has 0 saturated carbocycles. The predicted molar refractivity (Wildman–Crippen MR) is 41.5 cm³/mol. The molecule has 0 fully saturated rings. The smallest absolute Gasteiger partial charge is 0.309 e. The van der Waals surface area contributed by atoms with Gasteiger partial charge in [0, 0.05) is 18.9 Å². The largest absolute Gasteiger partial charge is 0.481 e. The number of carboxylic acids is 1. The molecule has 1 heterocycles.